The first-order valence-electron chi connectivity index (χ1n) is 4.26. The van der Waals surface area contributed by atoms with Crippen molar-refractivity contribution in [2.24, 2.45) is 0 Å². The number of hydrogen-bond acceptors (Lipinski definition) is 1. The molecule has 0 spiro atoms. The summed E-state index contributed by atoms with van der Waals surface area (Å²) < 4.78 is 38.6. The van der Waals surface area contributed by atoms with E-state index in [0.717, 1.165) is 6.07 Å². The summed E-state index contributed by atoms with van der Waals surface area (Å²) in [6.07, 6.45) is 0.834. The summed E-state index contributed by atoms with van der Waals surface area (Å²) in [5.41, 5.74) is -0.154. The molecular weight excluding hydrogens is 193 g/mol. The van der Waals surface area contributed by atoms with E-state index >= 15 is 0 Å². The quantitative estimate of drug-likeness (QED) is 0.636. The second-order valence-corrected chi connectivity index (χ2v) is 3.35. The van der Waals surface area contributed by atoms with E-state index in [9.17, 15) is 18.0 Å². The number of ketones is 1. The van der Waals surface area contributed by atoms with Crippen molar-refractivity contribution in [3.63, 3.8) is 0 Å². The van der Waals surface area contributed by atoms with Crippen molar-refractivity contribution >= 4 is 5.78 Å². The topological polar surface area (TPSA) is 17.1 Å². The van der Waals surface area contributed by atoms with E-state index in [2.05, 4.69) is 0 Å². The first-order chi connectivity index (χ1) is 6.59. The van der Waals surface area contributed by atoms with Crippen LogP contribution in [0.25, 0.3) is 0 Å². The van der Waals surface area contributed by atoms with Crippen LogP contribution in [0, 0.1) is 17.5 Å². The van der Waals surface area contributed by atoms with Gasteiger partial charge in [0.05, 0.1) is 0 Å². The van der Waals surface area contributed by atoms with Gasteiger partial charge in [-0.15, -0.1) is 0 Å². The summed E-state index contributed by atoms with van der Waals surface area (Å²) in [7, 11) is 0. The molecule has 0 amide bonds. The molecule has 1 unspecified atom stereocenters. The van der Waals surface area contributed by atoms with Gasteiger partial charge in [-0.1, -0.05) is 0 Å². The molecule has 2 rings (SSSR count). The maximum Gasteiger partial charge on any atom is 0.162 e. The fourth-order valence-electron chi connectivity index (χ4n) is 1.56. The van der Waals surface area contributed by atoms with Crippen molar-refractivity contribution in [1.82, 2.24) is 0 Å². The number of carbonyl (C=O) groups is 1. The molecule has 0 aliphatic heterocycles. The molecule has 1 saturated carbocycles. The Morgan fingerprint density at radius 2 is 1.93 bits per heavy atom. The lowest BCUT2D eigenvalue weighted by Crippen LogP contribution is -2.24. The lowest BCUT2D eigenvalue weighted by molar-refractivity contribution is -0.125. The van der Waals surface area contributed by atoms with E-state index in [1.54, 1.807) is 0 Å². The summed E-state index contributed by atoms with van der Waals surface area (Å²) >= 11 is 0. The van der Waals surface area contributed by atoms with Crippen LogP contribution in [0.3, 0.4) is 0 Å². The van der Waals surface area contributed by atoms with Crippen molar-refractivity contribution in [2.45, 2.75) is 18.8 Å². The van der Waals surface area contributed by atoms with Crippen LogP contribution in [-0.4, -0.2) is 5.78 Å². The zero-order chi connectivity index (χ0) is 10.3. The Hall–Kier alpha value is -1.32. The lowest BCUT2D eigenvalue weighted by Gasteiger charge is -2.24. The smallest absolute Gasteiger partial charge is 0.162 e. The molecule has 1 aromatic rings. The Balaban J connectivity index is 2.46. The second kappa shape index (κ2) is 3.12. The van der Waals surface area contributed by atoms with Gasteiger partial charge >= 0.3 is 0 Å². The summed E-state index contributed by atoms with van der Waals surface area (Å²) in [5, 5.41) is 0. The molecule has 74 valence electrons. The molecule has 0 radical (unpaired) electrons. The van der Waals surface area contributed by atoms with Crippen molar-refractivity contribution in [3.05, 3.63) is 35.1 Å². The van der Waals surface area contributed by atoms with Gasteiger partial charge in [-0.05, 0) is 12.5 Å². The third-order valence-corrected chi connectivity index (χ3v) is 2.46. The lowest BCUT2D eigenvalue weighted by atomic mass is 9.78. The zero-order valence-corrected chi connectivity index (χ0v) is 7.19. The van der Waals surface area contributed by atoms with Crippen LogP contribution in [0.2, 0.25) is 0 Å². The minimum atomic E-state index is -1.24. The minimum Gasteiger partial charge on any atom is -0.299 e. The largest absolute Gasteiger partial charge is 0.299 e. The van der Waals surface area contributed by atoms with Crippen LogP contribution in [-0.2, 0) is 4.79 Å². The van der Waals surface area contributed by atoms with Crippen molar-refractivity contribution in [2.75, 3.05) is 0 Å². The third kappa shape index (κ3) is 1.31. The Kier molecular flexibility index (Phi) is 2.06. The van der Waals surface area contributed by atoms with Gasteiger partial charge in [0.2, 0.25) is 0 Å². The highest BCUT2D eigenvalue weighted by Gasteiger charge is 2.33. The van der Waals surface area contributed by atoms with Crippen LogP contribution in [0.4, 0.5) is 13.2 Å². The summed E-state index contributed by atoms with van der Waals surface area (Å²) in [4.78, 5) is 11.0. The molecule has 0 N–H and O–H groups in total. The van der Waals surface area contributed by atoms with Crippen LogP contribution in [0.15, 0.2) is 12.1 Å². The van der Waals surface area contributed by atoms with Crippen LogP contribution < -0.4 is 0 Å². The molecule has 0 bridgehead atoms. The van der Waals surface area contributed by atoms with E-state index in [4.69, 9.17) is 0 Å². The van der Waals surface area contributed by atoms with E-state index < -0.39 is 23.4 Å². The number of halogens is 3. The normalized spacial score (nSPS) is 20.8. The van der Waals surface area contributed by atoms with Gasteiger partial charge in [0, 0.05) is 24.0 Å². The molecule has 0 heterocycles. The van der Waals surface area contributed by atoms with Crippen LogP contribution in [0.5, 0.6) is 0 Å². The molecule has 1 atom stereocenters. The molecule has 14 heavy (non-hydrogen) atoms. The zero-order valence-electron chi connectivity index (χ0n) is 7.19. The maximum absolute atomic E-state index is 13.1. The summed E-state index contributed by atoms with van der Waals surface area (Å²) in [6, 6.07) is 1.36. The summed E-state index contributed by atoms with van der Waals surface area (Å²) in [6.45, 7) is 0. The van der Waals surface area contributed by atoms with E-state index in [1.165, 1.54) is 0 Å². The first kappa shape index (κ1) is 9.24. The number of hydrogen-bond donors (Lipinski definition) is 0. The molecule has 1 nitrogen and oxygen atoms in total. The Labute approximate surface area is 78.5 Å². The highest BCUT2D eigenvalue weighted by molar-refractivity contribution is 5.91. The van der Waals surface area contributed by atoms with Gasteiger partial charge in [0.1, 0.15) is 11.6 Å². The Morgan fingerprint density at radius 3 is 2.43 bits per heavy atom. The number of benzene rings is 1. The van der Waals surface area contributed by atoms with Crippen molar-refractivity contribution < 1.29 is 18.0 Å². The minimum absolute atomic E-state index is 0.154. The average molecular weight is 200 g/mol. The average Bonchev–Trinajstić information content (AvgIpc) is 2.11. The van der Waals surface area contributed by atoms with Crippen molar-refractivity contribution in [3.8, 4) is 0 Å². The molecule has 1 aliphatic carbocycles. The highest BCUT2D eigenvalue weighted by atomic mass is 19.2. The Morgan fingerprint density at radius 1 is 1.21 bits per heavy atom. The van der Waals surface area contributed by atoms with E-state index in [-0.39, 0.29) is 11.3 Å². The van der Waals surface area contributed by atoms with Crippen LogP contribution in [0.1, 0.15) is 24.3 Å². The number of carbonyl (C=O) groups excluding carboxylic acids is 1. The highest BCUT2D eigenvalue weighted by Crippen LogP contribution is 2.35. The fraction of sp³-hybridized carbons (Fsp3) is 0.300. The second-order valence-electron chi connectivity index (χ2n) is 3.35. The van der Waals surface area contributed by atoms with E-state index in [1.807, 2.05) is 0 Å². The van der Waals surface area contributed by atoms with Crippen molar-refractivity contribution in [1.29, 1.82) is 0 Å². The van der Waals surface area contributed by atoms with Gasteiger partial charge in [0.15, 0.2) is 11.6 Å². The van der Waals surface area contributed by atoms with E-state index in [0.29, 0.717) is 18.9 Å². The Bertz CT molecular complexity index is 401. The van der Waals surface area contributed by atoms with Gasteiger partial charge in [0.25, 0.3) is 0 Å². The number of rotatable bonds is 1. The molecular formula is C10H7F3O. The molecule has 1 fully saturated rings. The molecule has 4 heteroatoms. The molecule has 0 aromatic heterocycles. The SMILES string of the molecule is O=C1CCC1c1cc(F)cc(F)c1F. The number of Topliss-reactive ketones (excluding diaryl/α,β-unsaturated/α-hetero) is 1. The predicted molar refractivity (Wildman–Crippen MR) is 43.3 cm³/mol. The molecule has 1 aromatic carbocycles. The molecule has 0 saturated heterocycles. The van der Waals surface area contributed by atoms with Gasteiger partial charge < -0.3 is 0 Å². The summed E-state index contributed by atoms with van der Waals surface area (Å²) in [5.74, 6) is -4.00. The predicted octanol–water partition coefficient (Wildman–Crippen LogP) is 2.55. The molecule has 1 aliphatic rings. The van der Waals surface area contributed by atoms with Gasteiger partial charge in [-0.3, -0.25) is 4.79 Å². The monoisotopic (exact) mass is 200 g/mol. The fourth-order valence-corrected chi connectivity index (χ4v) is 1.56. The maximum atomic E-state index is 13.1. The van der Waals surface area contributed by atoms with Gasteiger partial charge in [-0.25, -0.2) is 13.2 Å². The van der Waals surface area contributed by atoms with Crippen LogP contribution >= 0.6 is 0 Å². The van der Waals surface area contributed by atoms with Gasteiger partial charge in [-0.2, -0.15) is 0 Å². The third-order valence-electron chi connectivity index (χ3n) is 2.46. The first-order valence-corrected chi connectivity index (χ1v) is 4.26. The standard InChI is InChI=1S/C10H7F3O/c11-5-3-7(6-1-2-9(6)14)10(13)8(12)4-5/h3-4,6H,1-2H2.